The lowest BCUT2D eigenvalue weighted by Crippen LogP contribution is -2.37. The lowest BCUT2D eigenvalue weighted by molar-refractivity contribution is -0.126. The molecule has 2 heterocycles. The molecule has 0 spiro atoms. The molecule has 1 aromatic heterocycles. The fourth-order valence-electron chi connectivity index (χ4n) is 3.67. The van der Waals surface area contributed by atoms with Crippen molar-refractivity contribution in [2.45, 2.75) is 40.7 Å². The van der Waals surface area contributed by atoms with Gasteiger partial charge >= 0.3 is 12.0 Å². The molecule has 1 aliphatic rings. The van der Waals surface area contributed by atoms with Crippen molar-refractivity contribution in [2.24, 2.45) is 0 Å². The quantitative estimate of drug-likeness (QED) is 0.447. The molecular weight excluding hydrogens is 386 g/mol. The van der Waals surface area contributed by atoms with Gasteiger partial charge < -0.3 is 9.72 Å². The lowest BCUT2D eigenvalue weighted by atomic mass is 10.1. The molecule has 8 heteroatoms. The van der Waals surface area contributed by atoms with Crippen molar-refractivity contribution in [1.29, 1.82) is 0 Å². The fraction of sp³-hybridized carbons (Fsp3) is 0.364. The van der Waals surface area contributed by atoms with Crippen LogP contribution in [-0.4, -0.2) is 52.8 Å². The summed E-state index contributed by atoms with van der Waals surface area (Å²) in [4.78, 5) is 55.9. The van der Waals surface area contributed by atoms with E-state index in [1.54, 1.807) is 39.8 Å². The smallest absolute Gasteiger partial charge is 0.340 e. The average molecular weight is 411 g/mol. The highest BCUT2D eigenvalue weighted by Crippen LogP contribution is 2.27. The number of amides is 3. The van der Waals surface area contributed by atoms with Crippen molar-refractivity contribution in [2.75, 3.05) is 18.1 Å². The minimum absolute atomic E-state index is 0.192. The van der Waals surface area contributed by atoms with E-state index in [-0.39, 0.29) is 12.3 Å². The van der Waals surface area contributed by atoms with E-state index in [4.69, 9.17) is 4.74 Å². The van der Waals surface area contributed by atoms with Crippen LogP contribution in [0.1, 0.15) is 51.5 Å². The van der Waals surface area contributed by atoms with Crippen LogP contribution in [0.5, 0.6) is 0 Å². The van der Waals surface area contributed by atoms with Gasteiger partial charge in [0, 0.05) is 11.4 Å². The van der Waals surface area contributed by atoms with Gasteiger partial charge in [-0.05, 0) is 52.3 Å². The Morgan fingerprint density at radius 1 is 1.10 bits per heavy atom. The summed E-state index contributed by atoms with van der Waals surface area (Å²) in [5.41, 5.74) is 3.07. The molecule has 0 radical (unpaired) electrons. The molecule has 3 amide bonds. The minimum Gasteiger partial charge on any atom is -0.462 e. The second-order valence-corrected chi connectivity index (χ2v) is 7.36. The standard InChI is InChI=1S/C22H25N3O5/c1-6-30-21(28)18-13(3)19(23-14(18)4)17(26)11-24-20(27)15(5)25(22(24)29)16-9-7-12(2)8-10-16/h7-10,15,23H,6,11H2,1-5H3/t15-/m1/s1. The Hall–Kier alpha value is -3.42. The van der Waals surface area contributed by atoms with Gasteiger partial charge in [0.1, 0.15) is 6.04 Å². The molecule has 0 unspecified atom stereocenters. The van der Waals surface area contributed by atoms with E-state index in [9.17, 15) is 19.2 Å². The summed E-state index contributed by atoms with van der Waals surface area (Å²) in [5.74, 6) is -1.42. The van der Waals surface area contributed by atoms with Crippen molar-refractivity contribution >= 4 is 29.4 Å². The Labute approximate surface area is 174 Å². The SMILES string of the molecule is CCOC(=O)c1c(C)[nH]c(C(=O)CN2C(=O)[C@@H](C)N(c3ccc(C)cc3)C2=O)c1C. The number of esters is 1. The van der Waals surface area contributed by atoms with Gasteiger partial charge in [-0.25, -0.2) is 9.59 Å². The number of carbonyl (C=O) groups is 4. The topological polar surface area (TPSA) is 99.8 Å². The van der Waals surface area contributed by atoms with Crippen LogP contribution < -0.4 is 4.90 Å². The van der Waals surface area contributed by atoms with E-state index in [1.165, 1.54) is 4.90 Å². The number of anilines is 1. The van der Waals surface area contributed by atoms with E-state index >= 15 is 0 Å². The van der Waals surface area contributed by atoms with Gasteiger partial charge in [0.05, 0.1) is 24.4 Å². The zero-order chi connectivity index (χ0) is 22.2. The second kappa shape index (κ2) is 8.14. The number of urea groups is 1. The molecule has 1 fully saturated rings. The van der Waals surface area contributed by atoms with Crippen LogP contribution in [0.25, 0.3) is 0 Å². The number of hydrogen-bond acceptors (Lipinski definition) is 5. The zero-order valence-corrected chi connectivity index (χ0v) is 17.7. The van der Waals surface area contributed by atoms with E-state index in [0.29, 0.717) is 22.5 Å². The zero-order valence-electron chi connectivity index (χ0n) is 17.7. The molecule has 158 valence electrons. The number of aromatic nitrogens is 1. The highest BCUT2D eigenvalue weighted by molar-refractivity contribution is 6.16. The van der Waals surface area contributed by atoms with Crippen molar-refractivity contribution in [3.8, 4) is 0 Å². The highest BCUT2D eigenvalue weighted by Gasteiger charge is 2.44. The fourth-order valence-corrected chi connectivity index (χ4v) is 3.67. The molecule has 8 nitrogen and oxygen atoms in total. The third-order valence-corrected chi connectivity index (χ3v) is 5.26. The van der Waals surface area contributed by atoms with Crippen LogP contribution in [-0.2, 0) is 9.53 Å². The molecule has 1 aromatic carbocycles. The van der Waals surface area contributed by atoms with Gasteiger partial charge in [-0.1, -0.05) is 17.7 Å². The predicted molar refractivity (Wildman–Crippen MR) is 111 cm³/mol. The molecule has 0 aliphatic carbocycles. The first kappa shape index (κ1) is 21.3. The normalized spacial score (nSPS) is 16.4. The number of H-pyrrole nitrogens is 1. The summed E-state index contributed by atoms with van der Waals surface area (Å²) < 4.78 is 5.04. The monoisotopic (exact) mass is 411 g/mol. The summed E-state index contributed by atoms with van der Waals surface area (Å²) in [5, 5.41) is 0. The largest absolute Gasteiger partial charge is 0.462 e. The molecule has 1 aliphatic heterocycles. The molecule has 1 atom stereocenters. The number of carbonyl (C=O) groups excluding carboxylic acids is 4. The molecular formula is C22H25N3O5. The Bertz CT molecular complexity index is 1020. The van der Waals surface area contributed by atoms with E-state index in [1.807, 2.05) is 19.1 Å². The van der Waals surface area contributed by atoms with Gasteiger partial charge in [-0.15, -0.1) is 0 Å². The number of benzene rings is 1. The number of nitrogens with zero attached hydrogens (tertiary/aromatic N) is 2. The maximum absolute atomic E-state index is 12.9. The van der Waals surface area contributed by atoms with Crippen molar-refractivity contribution in [1.82, 2.24) is 9.88 Å². The van der Waals surface area contributed by atoms with Gasteiger partial charge in [0.15, 0.2) is 5.78 Å². The maximum atomic E-state index is 12.9. The average Bonchev–Trinajstić information content (AvgIpc) is 3.11. The van der Waals surface area contributed by atoms with Crippen molar-refractivity contribution < 1.29 is 23.9 Å². The summed E-state index contributed by atoms with van der Waals surface area (Å²) >= 11 is 0. The number of aryl methyl sites for hydroxylation is 2. The summed E-state index contributed by atoms with van der Waals surface area (Å²) in [6.45, 7) is 8.38. The molecule has 1 saturated heterocycles. The summed E-state index contributed by atoms with van der Waals surface area (Å²) in [7, 11) is 0. The van der Waals surface area contributed by atoms with Crippen LogP contribution in [0.4, 0.5) is 10.5 Å². The second-order valence-electron chi connectivity index (χ2n) is 7.36. The van der Waals surface area contributed by atoms with E-state index < -0.39 is 36.3 Å². The number of Topliss-reactive ketones (excluding diaryl/α,β-unsaturated/α-hetero) is 1. The van der Waals surface area contributed by atoms with Gasteiger partial charge in [0.2, 0.25) is 0 Å². The first-order chi connectivity index (χ1) is 14.2. The Balaban J connectivity index is 1.84. The number of ketones is 1. The first-order valence-electron chi connectivity index (χ1n) is 9.78. The van der Waals surface area contributed by atoms with Crippen molar-refractivity contribution in [3.63, 3.8) is 0 Å². The molecule has 0 saturated carbocycles. The van der Waals surface area contributed by atoms with Gasteiger partial charge in [-0.3, -0.25) is 19.4 Å². The van der Waals surface area contributed by atoms with Gasteiger partial charge in [0.25, 0.3) is 5.91 Å². The predicted octanol–water partition coefficient (Wildman–Crippen LogP) is 3.16. The van der Waals surface area contributed by atoms with Gasteiger partial charge in [-0.2, -0.15) is 0 Å². The Morgan fingerprint density at radius 3 is 2.33 bits per heavy atom. The van der Waals surface area contributed by atoms with Crippen LogP contribution >= 0.6 is 0 Å². The molecule has 0 bridgehead atoms. The number of ether oxygens (including phenoxy) is 1. The summed E-state index contributed by atoms with van der Waals surface area (Å²) in [6.07, 6.45) is 0. The van der Waals surface area contributed by atoms with Crippen molar-refractivity contribution in [3.05, 3.63) is 52.3 Å². The molecule has 30 heavy (non-hydrogen) atoms. The third kappa shape index (κ3) is 3.60. The van der Waals surface area contributed by atoms with E-state index in [0.717, 1.165) is 10.5 Å². The van der Waals surface area contributed by atoms with Crippen LogP contribution in [0.3, 0.4) is 0 Å². The first-order valence-corrected chi connectivity index (χ1v) is 9.78. The Morgan fingerprint density at radius 2 is 1.73 bits per heavy atom. The number of aromatic amines is 1. The molecule has 2 aromatic rings. The van der Waals surface area contributed by atoms with Crippen LogP contribution in [0.2, 0.25) is 0 Å². The lowest BCUT2D eigenvalue weighted by Gasteiger charge is -2.19. The summed E-state index contributed by atoms with van der Waals surface area (Å²) in [6, 6.07) is 6.00. The third-order valence-electron chi connectivity index (χ3n) is 5.26. The van der Waals surface area contributed by atoms with Crippen LogP contribution in [0, 0.1) is 20.8 Å². The number of rotatable bonds is 6. The van der Waals surface area contributed by atoms with E-state index in [2.05, 4.69) is 4.98 Å². The van der Waals surface area contributed by atoms with Crippen LogP contribution in [0.15, 0.2) is 24.3 Å². The minimum atomic E-state index is -0.713. The maximum Gasteiger partial charge on any atom is 0.340 e. The number of imide groups is 1. The number of hydrogen-bond donors (Lipinski definition) is 1. The number of nitrogens with one attached hydrogen (secondary N) is 1. The Kier molecular flexibility index (Phi) is 5.78. The molecule has 1 N–H and O–H groups in total. The molecule has 3 rings (SSSR count). The highest BCUT2D eigenvalue weighted by atomic mass is 16.5.